The zero-order valence-electron chi connectivity index (χ0n) is 20.5. The van der Waals surface area contributed by atoms with Crippen LogP contribution >= 0.6 is 0 Å². The van der Waals surface area contributed by atoms with Gasteiger partial charge in [-0.05, 0) is 42.8 Å². The third-order valence-electron chi connectivity index (χ3n) is 6.29. The molecule has 4 aromatic rings. The van der Waals surface area contributed by atoms with Gasteiger partial charge in [0.15, 0.2) is 11.6 Å². The van der Waals surface area contributed by atoms with Crippen LogP contribution < -0.4 is 15.4 Å². The molecule has 0 spiro atoms. The SMILES string of the molecule is CCCCOc1c(Nc2ccccc2)c(Nc2ccccc2)c(F)c2c1C(=O)c1c(O)ccc(O)c1C2=O. The highest BCUT2D eigenvalue weighted by atomic mass is 19.1. The highest BCUT2D eigenvalue weighted by molar-refractivity contribution is 6.32. The smallest absolute Gasteiger partial charge is 0.202 e. The van der Waals surface area contributed by atoms with Gasteiger partial charge < -0.3 is 25.6 Å². The minimum absolute atomic E-state index is 0.0242. The second-order valence-corrected chi connectivity index (χ2v) is 8.84. The Labute approximate surface area is 218 Å². The molecule has 0 aromatic heterocycles. The van der Waals surface area contributed by atoms with Crippen molar-refractivity contribution >= 4 is 34.3 Å². The van der Waals surface area contributed by atoms with Crippen LogP contribution in [-0.2, 0) is 0 Å². The van der Waals surface area contributed by atoms with Gasteiger partial charge >= 0.3 is 0 Å². The molecular weight excluding hydrogens is 487 g/mol. The zero-order valence-corrected chi connectivity index (χ0v) is 20.5. The van der Waals surface area contributed by atoms with Crippen LogP contribution in [0.3, 0.4) is 0 Å². The first-order valence-corrected chi connectivity index (χ1v) is 12.2. The second kappa shape index (κ2) is 10.3. The van der Waals surface area contributed by atoms with Crippen molar-refractivity contribution in [3.05, 3.63) is 101 Å². The first kappa shape index (κ1) is 24.8. The predicted molar refractivity (Wildman–Crippen MR) is 143 cm³/mol. The van der Waals surface area contributed by atoms with Crippen molar-refractivity contribution in [3.63, 3.8) is 0 Å². The molecule has 1 aliphatic rings. The van der Waals surface area contributed by atoms with Gasteiger partial charge in [-0.1, -0.05) is 49.7 Å². The molecule has 0 atom stereocenters. The number of unbranched alkanes of at least 4 members (excludes halogenated alkanes) is 1. The molecule has 7 nitrogen and oxygen atoms in total. The predicted octanol–water partition coefficient (Wildman–Crippen LogP) is 6.68. The Kier molecular flexibility index (Phi) is 6.70. The molecule has 5 rings (SSSR count). The fourth-order valence-corrected chi connectivity index (χ4v) is 4.45. The number of hydrogen-bond acceptors (Lipinski definition) is 7. The van der Waals surface area contributed by atoms with Gasteiger partial charge in [-0.2, -0.15) is 0 Å². The van der Waals surface area contributed by atoms with Crippen LogP contribution in [0.4, 0.5) is 27.1 Å². The van der Waals surface area contributed by atoms with E-state index in [2.05, 4.69) is 10.6 Å². The molecule has 0 amide bonds. The molecule has 0 aliphatic heterocycles. The van der Waals surface area contributed by atoms with Crippen molar-refractivity contribution < 1.29 is 28.9 Å². The summed E-state index contributed by atoms with van der Waals surface area (Å²) < 4.78 is 22.5. The Balaban J connectivity index is 1.82. The van der Waals surface area contributed by atoms with Crippen molar-refractivity contribution in [3.8, 4) is 17.2 Å². The number of fused-ring (bicyclic) bond motifs is 2. The van der Waals surface area contributed by atoms with E-state index >= 15 is 4.39 Å². The molecule has 0 bridgehead atoms. The summed E-state index contributed by atoms with van der Waals surface area (Å²) in [6.45, 7) is 2.17. The molecule has 1 aliphatic carbocycles. The lowest BCUT2D eigenvalue weighted by atomic mass is 9.81. The number of nitrogens with one attached hydrogen (secondary N) is 2. The molecule has 0 heterocycles. The number of ketones is 2. The summed E-state index contributed by atoms with van der Waals surface area (Å²) in [5.74, 6) is -3.79. The van der Waals surface area contributed by atoms with Gasteiger partial charge in [0.1, 0.15) is 22.9 Å². The van der Waals surface area contributed by atoms with Gasteiger partial charge in [-0.25, -0.2) is 4.39 Å². The number of ether oxygens (including phenoxy) is 1. The summed E-state index contributed by atoms with van der Waals surface area (Å²) in [6.07, 6.45) is 1.44. The number of para-hydroxylation sites is 2. The van der Waals surface area contributed by atoms with E-state index < -0.39 is 45.6 Å². The number of phenolic OH excluding ortho intramolecular Hbond substituents is 2. The molecule has 8 heteroatoms. The third kappa shape index (κ3) is 4.30. The lowest BCUT2D eigenvalue weighted by Crippen LogP contribution is -2.25. The van der Waals surface area contributed by atoms with Gasteiger partial charge in [0.25, 0.3) is 0 Å². The number of carbonyl (C=O) groups excluding carboxylic acids is 2. The first-order chi connectivity index (χ1) is 18.4. The summed E-state index contributed by atoms with van der Waals surface area (Å²) in [5.41, 5.74) is -0.532. The molecule has 4 aromatic carbocycles. The quantitative estimate of drug-likeness (QED) is 0.136. The lowest BCUT2D eigenvalue weighted by molar-refractivity contribution is 0.0967. The van der Waals surface area contributed by atoms with E-state index in [1.54, 1.807) is 48.5 Å². The Morgan fingerprint density at radius 2 is 1.21 bits per heavy atom. The first-order valence-electron chi connectivity index (χ1n) is 12.2. The highest BCUT2D eigenvalue weighted by Crippen LogP contribution is 2.49. The fourth-order valence-electron chi connectivity index (χ4n) is 4.45. The standard InChI is InChI=1S/C30H25FN2O5/c1-2-3-16-38-30-24-23(28(36)21-19(34)14-15-20(35)22(21)29(24)37)25(31)26(32-17-10-6-4-7-11-17)27(30)33-18-12-8-5-9-13-18/h4-15,32-35H,2-3,16H2,1H3. The van der Waals surface area contributed by atoms with Crippen molar-refractivity contribution in [1.82, 2.24) is 0 Å². The van der Waals surface area contributed by atoms with Gasteiger partial charge in [-0.3, -0.25) is 9.59 Å². The largest absolute Gasteiger partial charge is 0.507 e. The van der Waals surface area contributed by atoms with Crippen LogP contribution in [0.15, 0.2) is 72.8 Å². The van der Waals surface area contributed by atoms with Crippen LogP contribution in [-0.4, -0.2) is 28.4 Å². The van der Waals surface area contributed by atoms with Crippen LogP contribution in [0.2, 0.25) is 0 Å². The number of anilines is 4. The lowest BCUT2D eigenvalue weighted by Gasteiger charge is -2.27. The molecule has 0 unspecified atom stereocenters. The molecule has 0 saturated heterocycles. The molecule has 0 fully saturated rings. The number of phenols is 2. The Morgan fingerprint density at radius 1 is 0.711 bits per heavy atom. The topological polar surface area (TPSA) is 108 Å². The Hall–Kier alpha value is -4.85. The van der Waals surface area contributed by atoms with E-state index in [1.807, 2.05) is 19.1 Å². The summed E-state index contributed by atoms with van der Waals surface area (Å²) >= 11 is 0. The van der Waals surface area contributed by atoms with Crippen molar-refractivity contribution in [2.24, 2.45) is 0 Å². The highest BCUT2D eigenvalue weighted by Gasteiger charge is 2.41. The Morgan fingerprint density at radius 3 is 1.74 bits per heavy atom. The van der Waals surface area contributed by atoms with E-state index in [9.17, 15) is 19.8 Å². The van der Waals surface area contributed by atoms with Gasteiger partial charge in [0.05, 0.1) is 28.9 Å². The van der Waals surface area contributed by atoms with Gasteiger partial charge in [-0.15, -0.1) is 0 Å². The molecule has 192 valence electrons. The van der Waals surface area contributed by atoms with Crippen molar-refractivity contribution in [1.29, 1.82) is 0 Å². The molecular formula is C30H25FN2O5. The number of halogens is 1. The second-order valence-electron chi connectivity index (χ2n) is 8.84. The van der Waals surface area contributed by atoms with E-state index in [4.69, 9.17) is 4.74 Å². The third-order valence-corrected chi connectivity index (χ3v) is 6.29. The normalized spacial score (nSPS) is 12.1. The maximum atomic E-state index is 16.4. The minimum Gasteiger partial charge on any atom is -0.507 e. The number of aromatic hydroxyl groups is 2. The van der Waals surface area contributed by atoms with Crippen molar-refractivity contribution in [2.75, 3.05) is 17.2 Å². The van der Waals surface area contributed by atoms with Crippen LogP contribution in [0.25, 0.3) is 0 Å². The number of benzene rings is 4. The average Bonchev–Trinajstić information content (AvgIpc) is 2.92. The van der Waals surface area contributed by atoms with Gasteiger partial charge in [0.2, 0.25) is 11.6 Å². The summed E-state index contributed by atoms with van der Waals surface area (Å²) in [7, 11) is 0. The summed E-state index contributed by atoms with van der Waals surface area (Å²) in [6, 6.07) is 20.0. The van der Waals surface area contributed by atoms with Crippen LogP contribution in [0.5, 0.6) is 17.2 Å². The maximum absolute atomic E-state index is 16.4. The molecule has 4 N–H and O–H groups in total. The zero-order chi connectivity index (χ0) is 26.8. The van der Waals surface area contributed by atoms with E-state index in [0.29, 0.717) is 17.8 Å². The molecule has 0 saturated carbocycles. The fraction of sp³-hybridized carbons (Fsp3) is 0.133. The average molecular weight is 513 g/mol. The minimum atomic E-state index is -0.989. The number of carbonyl (C=O) groups is 2. The monoisotopic (exact) mass is 512 g/mol. The van der Waals surface area contributed by atoms with Crippen LogP contribution in [0, 0.1) is 5.82 Å². The van der Waals surface area contributed by atoms with Gasteiger partial charge in [0, 0.05) is 11.4 Å². The molecule has 0 radical (unpaired) electrons. The van der Waals surface area contributed by atoms with Crippen molar-refractivity contribution in [2.45, 2.75) is 19.8 Å². The number of rotatable bonds is 8. The van der Waals surface area contributed by atoms with E-state index in [0.717, 1.165) is 18.6 Å². The van der Waals surface area contributed by atoms with E-state index in [1.165, 1.54) is 0 Å². The van der Waals surface area contributed by atoms with E-state index in [-0.39, 0.29) is 29.3 Å². The molecule has 38 heavy (non-hydrogen) atoms. The summed E-state index contributed by atoms with van der Waals surface area (Å²) in [5, 5.41) is 27.1. The van der Waals surface area contributed by atoms with Crippen LogP contribution in [0.1, 0.15) is 51.6 Å². The Bertz CT molecular complexity index is 1540. The number of hydrogen-bond donors (Lipinski definition) is 4. The maximum Gasteiger partial charge on any atom is 0.202 e. The summed E-state index contributed by atoms with van der Waals surface area (Å²) in [4.78, 5) is 27.4.